The largest absolute Gasteiger partial charge is 0.481 e. The van der Waals surface area contributed by atoms with Crippen LogP contribution in [0.1, 0.15) is 25.3 Å². The zero-order valence-corrected chi connectivity index (χ0v) is 13.3. The van der Waals surface area contributed by atoms with Gasteiger partial charge < -0.3 is 15.0 Å². The van der Waals surface area contributed by atoms with Crippen molar-refractivity contribution in [1.82, 2.24) is 10.2 Å². The van der Waals surface area contributed by atoms with E-state index in [0.29, 0.717) is 6.61 Å². The number of likely N-dealkylation sites (tertiary alicyclic amines) is 1. The fourth-order valence-corrected chi connectivity index (χ4v) is 2.52. The van der Waals surface area contributed by atoms with Gasteiger partial charge in [-0.1, -0.05) is 18.1 Å². The van der Waals surface area contributed by atoms with E-state index in [9.17, 15) is 0 Å². The molecule has 4 nitrogen and oxygen atoms in total. The zero-order chi connectivity index (χ0) is 15.6. The van der Waals surface area contributed by atoms with Crippen LogP contribution < -0.4 is 10.1 Å². The van der Waals surface area contributed by atoms with Gasteiger partial charge in [0.2, 0.25) is 0 Å². The first-order chi connectivity index (χ1) is 10.8. The molecule has 0 aromatic heterocycles. The van der Waals surface area contributed by atoms with Crippen molar-refractivity contribution in [1.29, 1.82) is 0 Å². The lowest BCUT2D eigenvalue weighted by atomic mass is 10.1. The maximum atomic E-state index is 5.37. The average molecular weight is 299 g/mol. The summed E-state index contributed by atoms with van der Waals surface area (Å²) in [6.45, 7) is 6.37. The molecule has 0 radical (unpaired) electrons. The van der Waals surface area contributed by atoms with Gasteiger partial charge in [0.05, 0.1) is 0 Å². The van der Waals surface area contributed by atoms with E-state index < -0.39 is 0 Å². The van der Waals surface area contributed by atoms with Gasteiger partial charge in [-0.3, -0.25) is 4.99 Å². The Balaban J connectivity index is 1.85. The third-order valence-electron chi connectivity index (χ3n) is 3.65. The van der Waals surface area contributed by atoms with Gasteiger partial charge in [-0.15, -0.1) is 6.42 Å². The van der Waals surface area contributed by atoms with Crippen LogP contribution >= 0.6 is 0 Å². The lowest BCUT2D eigenvalue weighted by Crippen LogP contribution is -2.39. The topological polar surface area (TPSA) is 36.9 Å². The molecular formula is C18H25N3O. The molecule has 1 aromatic carbocycles. The number of hydrogen-bond donors (Lipinski definition) is 1. The predicted octanol–water partition coefficient (Wildman–Crippen LogP) is 2.30. The quantitative estimate of drug-likeness (QED) is 0.497. The molecule has 1 fully saturated rings. The highest BCUT2D eigenvalue weighted by Crippen LogP contribution is 2.13. The highest BCUT2D eigenvalue weighted by molar-refractivity contribution is 5.80. The fraction of sp³-hybridized carbons (Fsp3) is 0.500. The minimum atomic E-state index is 0.311. The molecule has 0 unspecified atom stereocenters. The van der Waals surface area contributed by atoms with Crippen LogP contribution in [0.2, 0.25) is 0 Å². The number of ether oxygens (including phenoxy) is 1. The SMILES string of the molecule is C#CCOc1ccc(CCN=C(NCC)N2CCCC2)cc1. The summed E-state index contributed by atoms with van der Waals surface area (Å²) in [4.78, 5) is 7.08. The number of hydrogen-bond acceptors (Lipinski definition) is 2. The summed E-state index contributed by atoms with van der Waals surface area (Å²) in [7, 11) is 0. The van der Waals surface area contributed by atoms with Crippen molar-refractivity contribution in [2.24, 2.45) is 4.99 Å². The maximum absolute atomic E-state index is 5.37. The van der Waals surface area contributed by atoms with Crippen LogP contribution in [0.5, 0.6) is 5.75 Å². The molecule has 2 rings (SSSR count). The van der Waals surface area contributed by atoms with E-state index in [4.69, 9.17) is 16.2 Å². The van der Waals surface area contributed by atoms with E-state index in [2.05, 4.69) is 35.2 Å². The summed E-state index contributed by atoms with van der Waals surface area (Å²) in [5.74, 6) is 4.33. The smallest absolute Gasteiger partial charge is 0.193 e. The predicted molar refractivity (Wildman–Crippen MR) is 91.3 cm³/mol. The molecule has 0 bridgehead atoms. The summed E-state index contributed by atoms with van der Waals surface area (Å²) >= 11 is 0. The van der Waals surface area contributed by atoms with Gasteiger partial charge in [0, 0.05) is 26.2 Å². The number of benzene rings is 1. The van der Waals surface area contributed by atoms with Crippen molar-refractivity contribution in [3.05, 3.63) is 29.8 Å². The maximum Gasteiger partial charge on any atom is 0.193 e. The third kappa shape index (κ3) is 5.00. The molecule has 1 saturated heterocycles. The van der Waals surface area contributed by atoms with E-state index in [1.807, 2.05) is 12.1 Å². The van der Waals surface area contributed by atoms with Crippen molar-refractivity contribution < 1.29 is 4.74 Å². The van der Waals surface area contributed by atoms with E-state index in [1.165, 1.54) is 18.4 Å². The minimum absolute atomic E-state index is 0.311. The lowest BCUT2D eigenvalue weighted by Gasteiger charge is -2.20. The normalized spacial score (nSPS) is 14.7. The Hall–Kier alpha value is -2.15. The fourth-order valence-electron chi connectivity index (χ4n) is 2.52. The number of aliphatic imine (C=N–C) groups is 1. The second kappa shape index (κ2) is 8.99. The van der Waals surface area contributed by atoms with Gasteiger partial charge in [0.1, 0.15) is 12.4 Å². The van der Waals surface area contributed by atoms with Gasteiger partial charge in [-0.05, 0) is 43.9 Å². The third-order valence-corrected chi connectivity index (χ3v) is 3.65. The van der Waals surface area contributed by atoms with Gasteiger partial charge in [-0.25, -0.2) is 0 Å². The summed E-state index contributed by atoms with van der Waals surface area (Å²) in [5, 5.41) is 3.38. The molecule has 1 aromatic rings. The summed E-state index contributed by atoms with van der Waals surface area (Å²) in [6.07, 6.45) is 8.64. The second-order valence-electron chi connectivity index (χ2n) is 5.32. The molecule has 4 heteroatoms. The average Bonchev–Trinajstić information content (AvgIpc) is 3.07. The monoisotopic (exact) mass is 299 g/mol. The van der Waals surface area contributed by atoms with Crippen LogP contribution in [-0.2, 0) is 6.42 Å². The number of rotatable bonds is 6. The molecule has 0 saturated carbocycles. The highest BCUT2D eigenvalue weighted by atomic mass is 16.5. The Kier molecular flexibility index (Phi) is 6.63. The molecule has 0 aliphatic carbocycles. The van der Waals surface area contributed by atoms with E-state index >= 15 is 0 Å². The van der Waals surface area contributed by atoms with Gasteiger partial charge in [0.25, 0.3) is 0 Å². The van der Waals surface area contributed by atoms with Crippen LogP contribution in [0.25, 0.3) is 0 Å². The van der Waals surface area contributed by atoms with Crippen molar-refractivity contribution in [3.8, 4) is 18.1 Å². The number of nitrogens with zero attached hydrogens (tertiary/aromatic N) is 2. The molecule has 118 valence electrons. The standard InChI is InChI=1S/C18H25N3O/c1-3-15-22-17-9-7-16(8-10-17)11-12-20-18(19-4-2)21-13-5-6-14-21/h1,7-10H,4-6,11-15H2,2H3,(H,19,20). The molecule has 0 spiro atoms. The first kappa shape index (κ1) is 16.2. The summed E-state index contributed by atoms with van der Waals surface area (Å²) in [5.41, 5.74) is 1.26. The molecule has 0 atom stereocenters. The molecular weight excluding hydrogens is 274 g/mol. The molecule has 1 aliphatic heterocycles. The van der Waals surface area contributed by atoms with Crippen molar-refractivity contribution in [3.63, 3.8) is 0 Å². The van der Waals surface area contributed by atoms with Crippen LogP contribution in [0.15, 0.2) is 29.3 Å². The Morgan fingerprint density at radius 1 is 1.32 bits per heavy atom. The van der Waals surface area contributed by atoms with Gasteiger partial charge >= 0.3 is 0 Å². The second-order valence-corrected chi connectivity index (χ2v) is 5.32. The van der Waals surface area contributed by atoms with Crippen molar-refractivity contribution in [2.45, 2.75) is 26.2 Å². The van der Waals surface area contributed by atoms with Crippen LogP contribution in [-0.4, -0.2) is 43.6 Å². The number of nitrogens with one attached hydrogen (secondary N) is 1. The Morgan fingerprint density at radius 3 is 2.68 bits per heavy atom. The molecule has 1 aliphatic rings. The number of guanidine groups is 1. The lowest BCUT2D eigenvalue weighted by molar-refractivity contribution is 0.370. The van der Waals surface area contributed by atoms with Crippen molar-refractivity contribution in [2.75, 3.05) is 32.8 Å². The first-order valence-electron chi connectivity index (χ1n) is 8.02. The molecule has 1 N–H and O–H groups in total. The Bertz CT molecular complexity index is 510. The van der Waals surface area contributed by atoms with E-state index in [1.54, 1.807) is 0 Å². The first-order valence-corrected chi connectivity index (χ1v) is 8.02. The van der Waals surface area contributed by atoms with Gasteiger partial charge in [0.15, 0.2) is 5.96 Å². The van der Waals surface area contributed by atoms with Crippen LogP contribution in [0.3, 0.4) is 0 Å². The van der Waals surface area contributed by atoms with E-state index in [-0.39, 0.29) is 0 Å². The summed E-state index contributed by atoms with van der Waals surface area (Å²) in [6, 6.07) is 8.07. The zero-order valence-electron chi connectivity index (χ0n) is 13.3. The highest BCUT2D eigenvalue weighted by Gasteiger charge is 2.15. The molecule has 22 heavy (non-hydrogen) atoms. The minimum Gasteiger partial charge on any atom is -0.481 e. The number of terminal acetylenes is 1. The van der Waals surface area contributed by atoms with Crippen molar-refractivity contribution >= 4 is 5.96 Å². The van der Waals surface area contributed by atoms with Crippen LogP contribution in [0, 0.1) is 12.3 Å². The Labute approximate surface area is 133 Å². The summed E-state index contributed by atoms with van der Waals surface area (Å²) < 4.78 is 5.37. The van der Waals surface area contributed by atoms with Gasteiger partial charge in [-0.2, -0.15) is 0 Å². The Morgan fingerprint density at radius 2 is 2.05 bits per heavy atom. The molecule has 0 amide bonds. The van der Waals surface area contributed by atoms with Crippen LogP contribution in [0.4, 0.5) is 0 Å². The molecule has 1 heterocycles. The van der Waals surface area contributed by atoms with E-state index in [0.717, 1.165) is 44.3 Å².